The van der Waals surface area contributed by atoms with Gasteiger partial charge in [0.1, 0.15) is 11.7 Å². The molecule has 4 heterocycles. The number of pyridine rings is 2. The molecule has 0 saturated heterocycles. The average Bonchev–Trinajstić information content (AvgIpc) is 3.32. The molecule has 13 heteroatoms. The normalized spacial score (nSPS) is 11.7. The van der Waals surface area contributed by atoms with Crippen LogP contribution in [0.2, 0.25) is 0 Å². The lowest BCUT2D eigenvalue weighted by Gasteiger charge is -2.27. The van der Waals surface area contributed by atoms with Crippen molar-refractivity contribution in [2.45, 2.75) is 33.2 Å². The quantitative estimate of drug-likeness (QED) is 0.215. The second-order valence-electron chi connectivity index (χ2n) is 10.3. The van der Waals surface area contributed by atoms with Gasteiger partial charge in [-0.05, 0) is 62.7 Å². The number of nitrogens with one attached hydrogen (secondary N) is 1. The lowest BCUT2D eigenvalue weighted by Crippen LogP contribution is -2.36. The molecule has 0 fully saturated rings. The first-order chi connectivity index (χ1) is 21.8. The van der Waals surface area contributed by atoms with E-state index < -0.39 is 12.0 Å². The van der Waals surface area contributed by atoms with Crippen molar-refractivity contribution in [3.63, 3.8) is 0 Å². The number of hydrogen-bond acceptors (Lipinski definition) is 9. The van der Waals surface area contributed by atoms with E-state index in [0.29, 0.717) is 53.7 Å². The highest BCUT2D eigenvalue weighted by atomic mass is 16.4. The van der Waals surface area contributed by atoms with Gasteiger partial charge >= 0.3 is 11.7 Å². The van der Waals surface area contributed by atoms with Gasteiger partial charge in [-0.1, -0.05) is 12.1 Å². The first kappa shape index (κ1) is 30.9. The first-order valence-corrected chi connectivity index (χ1v) is 14.7. The molecule has 0 unspecified atom stereocenters. The Morgan fingerprint density at radius 1 is 0.956 bits per heavy atom. The molecule has 0 spiro atoms. The van der Waals surface area contributed by atoms with Gasteiger partial charge in [0.25, 0.3) is 5.91 Å². The molecular weight excluding hydrogens is 574 g/mol. The first-order valence-electron chi connectivity index (χ1n) is 14.7. The maximum absolute atomic E-state index is 13.5. The third-order valence-corrected chi connectivity index (χ3v) is 7.64. The monoisotopic (exact) mass is 609 g/mol. The van der Waals surface area contributed by atoms with E-state index in [1.165, 1.54) is 14.0 Å². The molecule has 5 rings (SSSR count). The lowest BCUT2D eigenvalue weighted by molar-refractivity contribution is -0.137. The maximum Gasteiger partial charge on any atom is 0.334 e. The Morgan fingerprint density at radius 3 is 2.31 bits per heavy atom. The minimum absolute atomic E-state index is 0.104. The number of benzene rings is 1. The predicted octanol–water partition coefficient (Wildman–Crippen LogP) is 3.53. The molecule has 0 aliphatic carbocycles. The number of nitrogens with zero attached hydrogens (tertiary/aromatic N) is 8. The number of anilines is 3. The zero-order chi connectivity index (χ0) is 32.1. The van der Waals surface area contributed by atoms with Gasteiger partial charge in [-0.3, -0.25) is 14.3 Å². The van der Waals surface area contributed by atoms with Crippen molar-refractivity contribution in [2.24, 2.45) is 7.05 Å². The SMILES string of the molecule is CCN(CC)c1ncc(N(CC)C(=O)c2ccncc2)c(N[C@@H](Cc2ccc(-n3c(=O)n(C)c4cccnc43)cc2)C(=O)O)n1. The van der Waals surface area contributed by atoms with Crippen LogP contribution in [0.5, 0.6) is 0 Å². The molecule has 2 N–H and O–H groups in total. The number of carbonyl (C=O) groups excluding carboxylic acids is 1. The minimum atomic E-state index is -1.09. The van der Waals surface area contributed by atoms with Gasteiger partial charge in [0.05, 0.1) is 17.4 Å². The molecule has 13 nitrogen and oxygen atoms in total. The molecule has 0 aliphatic rings. The summed E-state index contributed by atoms with van der Waals surface area (Å²) in [5.74, 6) is -0.733. The Hall–Kier alpha value is -5.59. The number of aliphatic carboxylic acids is 1. The largest absolute Gasteiger partial charge is 0.480 e. The summed E-state index contributed by atoms with van der Waals surface area (Å²) in [6, 6.07) is 12.9. The van der Waals surface area contributed by atoms with Crippen molar-refractivity contribution in [3.8, 4) is 5.69 Å². The fourth-order valence-electron chi connectivity index (χ4n) is 5.18. The molecule has 232 valence electrons. The second-order valence-corrected chi connectivity index (χ2v) is 10.3. The zero-order valence-corrected chi connectivity index (χ0v) is 25.6. The zero-order valence-electron chi connectivity index (χ0n) is 25.6. The van der Waals surface area contributed by atoms with E-state index in [4.69, 9.17) is 4.98 Å². The topological polar surface area (TPSA) is 151 Å². The number of carboxylic acids is 1. The van der Waals surface area contributed by atoms with E-state index >= 15 is 0 Å². The number of rotatable bonds is 12. The number of carbonyl (C=O) groups is 2. The number of amides is 1. The smallest absolute Gasteiger partial charge is 0.334 e. The molecule has 1 amide bonds. The highest BCUT2D eigenvalue weighted by Crippen LogP contribution is 2.28. The summed E-state index contributed by atoms with van der Waals surface area (Å²) in [4.78, 5) is 60.1. The number of aromatic nitrogens is 6. The summed E-state index contributed by atoms with van der Waals surface area (Å²) in [7, 11) is 1.69. The molecule has 5 aromatic rings. The minimum Gasteiger partial charge on any atom is -0.480 e. The summed E-state index contributed by atoms with van der Waals surface area (Å²) in [6.07, 6.45) is 6.37. The van der Waals surface area contributed by atoms with Crippen LogP contribution in [0.1, 0.15) is 36.7 Å². The maximum atomic E-state index is 13.5. The van der Waals surface area contributed by atoms with Crippen LogP contribution in [-0.4, -0.2) is 71.7 Å². The summed E-state index contributed by atoms with van der Waals surface area (Å²) in [5.41, 5.74) is 3.13. The van der Waals surface area contributed by atoms with Crippen LogP contribution in [0.15, 0.2) is 78.1 Å². The van der Waals surface area contributed by atoms with Gasteiger partial charge in [-0.2, -0.15) is 4.98 Å². The Balaban J connectivity index is 1.47. The van der Waals surface area contributed by atoms with Crippen molar-refractivity contribution in [1.29, 1.82) is 0 Å². The Bertz CT molecular complexity index is 1870. The average molecular weight is 610 g/mol. The van der Waals surface area contributed by atoms with E-state index in [2.05, 4.69) is 20.3 Å². The fourth-order valence-corrected chi connectivity index (χ4v) is 5.18. The summed E-state index contributed by atoms with van der Waals surface area (Å²) in [6.45, 7) is 7.37. The third kappa shape index (κ3) is 6.23. The van der Waals surface area contributed by atoms with Gasteiger partial charge in [0.2, 0.25) is 5.95 Å². The predicted molar refractivity (Wildman–Crippen MR) is 172 cm³/mol. The van der Waals surface area contributed by atoms with E-state index in [1.54, 1.807) is 74.3 Å². The van der Waals surface area contributed by atoms with Crippen molar-refractivity contribution in [1.82, 2.24) is 29.1 Å². The number of fused-ring (bicyclic) bond motifs is 1. The molecular formula is C32H35N9O4. The molecule has 1 aromatic carbocycles. The van der Waals surface area contributed by atoms with Crippen LogP contribution < -0.4 is 20.8 Å². The Kier molecular flexibility index (Phi) is 9.17. The third-order valence-electron chi connectivity index (χ3n) is 7.64. The highest BCUT2D eigenvalue weighted by Gasteiger charge is 2.26. The summed E-state index contributed by atoms with van der Waals surface area (Å²) < 4.78 is 3.05. The van der Waals surface area contributed by atoms with E-state index in [1.807, 2.05) is 31.7 Å². The van der Waals surface area contributed by atoms with Crippen molar-refractivity contribution in [2.75, 3.05) is 34.8 Å². The van der Waals surface area contributed by atoms with Crippen LogP contribution >= 0.6 is 0 Å². The Morgan fingerprint density at radius 2 is 1.67 bits per heavy atom. The molecule has 0 bridgehead atoms. The fraction of sp³-hybridized carbons (Fsp3) is 0.281. The van der Waals surface area contributed by atoms with Gasteiger partial charge in [0, 0.05) is 57.3 Å². The van der Waals surface area contributed by atoms with Crippen molar-refractivity contribution in [3.05, 3.63) is 94.9 Å². The summed E-state index contributed by atoms with van der Waals surface area (Å²) in [5, 5.41) is 13.4. The molecule has 0 radical (unpaired) electrons. The second kappa shape index (κ2) is 13.4. The molecule has 0 aliphatic heterocycles. The van der Waals surface area contributed by atoms with Gasteiger partial charge in [-0.25, -0.2) is 24.1 Å². The molecule has 1 atom stereocenters. The van der Waals surface area contributed by atoms with Crippen molar-refractivity contribution < 1.29 is 14.7 Å². The highest BCUT2D eigenvalue weighted by molar-refractivity contribution is 6.07. The number of imidazole rings is 1. The van der Waals surface area contributed by atoms with Crippen molar-refractivity contribution >= 4 is 40.5 Å². The molecule has 45 heavy (non-hydrogen) atoms. The number of carboxylic acid groups (broad SMARTS) is 1. The standard InChI is InChI=1S/C32H35N9O4/c1-5-39(6-2)31-35-20-26(40(7-3)29(42)22-14-17-33-18-15-22)27(37-31)36-24(30(43)44)19-21-10-12-23(13-11-21)41-28-25(9-8-16-34-28)38(4)32(41)45/h8-18,20,24H,5-7,19H2,1-4H3,(H,43,44)(H,35,36,37)/t24-/m0/s1. The van der Waals surface area contributed by atoms with Gasteiger partial charge in [-0.15, -0.1) is 0 Å². The van der Waals surface area contributed by atoms with Crippen LogP contribution in [0.4, 0.5) is 17.5 Å². The van der Waals surface area contributed by atoms with Crippen LogP contribution in [-0.2, 0) is 18.3 Å². The van der Waals surface area contributed by atoms with Gasteiger partial charge < -0.3 is 20.2 Å². The van der Waals surface area contributed by atoms with Crippen LogP contribution in [0, 0.1) is 0 Å². The van der Waals surface area contributed by atoms with E-state index in [-0.39, 0.29) is 23.8 Å². The van der Waals surface area contributed by atoms with Crippen LogP contribution in [0.3, 0.4) is 0 Å². The number of aryl methyl sites for hydroxylation is 1. The van der Waals surface area contributed by atoms with E-state index in [9.17, 15) is 19.5 Å². The summed E-state index contributed by atoms with van der Waals surface area (Å²) >= 11 is 0. The Labute approximate surface area is 259 Å². The van der Waals surface area contributed by atoms with E-state index in [0.717, 1.165) is 5.56 Å². The molecule has 4 aromatic heterocycles. The number of hydrogen-bond donors (Lipinski definition) is 2. The lowest BCUT2D eigenvalue weighted by atomic mass is 10.1. The molecule has 0 saturated carbocycles. The van der Waals surface area contributed by atoms with Crippen LogP contribution in [0.25, 0.3) is 16.9 Å². The van der Waals surface area contributed by atoms with Gasteiger partial charge in [0.15, 0.2) is 11.5 Å².